The zero-order valence-corrected chi connectivity index (χ0v) is 25.2. The maximum atomic E-state index is 13.7. The molecule has 10 heteroatoms. The number of nitrogens with two attached hydrogens (primary N) is 1. The third kappa shape index (κ3) is 8.23. The summed E-state index contributed by atoms with van der Waals surface area (Å²) in [4.78, 5) is 30.5. The van der Waals surface area contributed by atoms with Crippen LogP contribution in [0.2, 0.25) is 0 Å². The van der Waals surface area contributed by atoms with Crippen molar-refractivity contribution in [3.05, 3.63) is 83.4 Å². The van der Waals surface area contributed by atoms with E-state index < -0.39 is 0 Å². The van der Waals surface area contributed by atoms with E-state index in [1.165, 1.54) is 0 Å². The van der Waals surface area contributed by atoms with Gasteiger partial charge in [-0.05, 0) is 53.6 Å². The van der Waals surface area contributed by atoms with Crippen molar-refractivity contribution in [2.75, 3.05) is 52.5 Å². The monoisotopic (exact) mass is 587 g/mol. The van der Waals surface area contributed by atoms with Crippen molar-refractivity contribution in [1.29, 1.82) is 0 Å². The van der Waals surface area contributed by atoms with Crippen molar-refractivity contribution in [3.8, 4) is 0 Å². The fourth-order valence-electron chi connectivity index (χ4n) is 6.00. The molecule has 1 atom stereocenters. The van der Waals surface area contributed by atoms with E-state index in [-0.39, 0.29) is 18.1 Å². The Balaban J connectivity index is 1.26. The minimum absolute atomic E-state index is 0.0775. The molecule has 2 aliphatic rings. The number of nitrogens with one attached hydrogen (secondary N) is 2. The number of rotatable bonds is 11. The molecule has 2 fully saturated rings. The van der Waals surface area contributed by atoms with Crippen LogP contribution in [0.15, 0.2) is 66.7 Å². The van der Waals surface area contributed by atoms with Gasteiger partial charge < -0.3 is 15.0 Å². The van der Waals surface area contributed by atoms with E-state index in [2.05, 4.69) is 39.9 Å². The van der Waals surface area contributed by atoms with E-state index in [9.17, 15) is 9.59 Å². The van der Waals surface area contributed by atoms with Crippen LogP contribution in [-0.4, -0.2) is 84.4 Å². The summed E-state index contributed by atoms with van der Waals surface area (Å²) in [6.45, 7) is 9.64. The van der Waals surface area contributed by atoms with Gasteiger partial charge >= 0.3 is 12.1 Å². The number of benzene rings is 3. The Kier molecular flexibility index (Phi) is 10.8. The lowest BCUT2D eigenvalue weighted by Gasteiger charge is -2.31. The predicted octanol–water partition coefficient (Wildman–Crippen LogP) is 4.23. The number of carbonyl (C=O) groups excluding carboxylic acids is 2. The van der Waals surface area contributed by atoms with Crippen LogP contribution in [-0.2, 0) is 17.8 Å². The molecule has 0 radical (unpaired) electrons. The fraction of sp³-hybridized carbons (Fsp3) is 0.455. The molecule has 0 bridgehead atoms. The van der Waals surface area contributed by atoms with Crippen LogP contribution in [0.4, 0.5) is 9.59 Å². The van der Waals surface area contributed by atoms with Gasteiger partial charge in [-0.2, -0.15) is 0 Å². The fourth-order valence-corrected chi connectivity index (χ4v) is 6.00. The maximum Gasteiger partial charge on any atom is 0.346 e. The van der Waals surface area contributed by atoms with Crippen molar-refractivity contribution < 1.29 is 14.3 Å². The number of fused-ring (bicyclic) bond motifs is 1. The van der Waals surface area contributed by atoms with Crippen LogP contribution in [0, 0.1) is 0 Å². The topological polar surface area (TPSA) is 106 Å². The summed E-state index contributed by atoms with van der Waals surface area (Å²) in [5.74, 6) is 5.47. The van der Waals surface area contributed by atoms with Gasteiger partial charge in [0.15, 0.2) is 0 Å². The highest BCUT2D eigenvalue weighted by atomic mass is 16.5. The van der Waals surface area contributed by atoms with E-state index in [0.29, 0.717) is 19.6 Å². The number of hydrazine groups is 2. The summed E-state index contributed by atoms with van der Waals surface area (Å²) >= 11 is 0. The molecule has 0 aromatic heterocycles. The molecule has 2 heterocycles. The molecule has 0 aliphatic carbocycles. The highest BCUT2D eigenvalue weighted by Crippen LogP contribution is 2.24. The third-order valence-corrected chi connectivity index (χ3v) is 8.43. The van der Waals surface area contributed by atoms with E-state index in [4.69, 9.17) is 10.6 Å². The summed E-state index contributed by atoms with van der Waals surface area (Å²) in [6, 6.07) is 22.1. The number of morpholine rings is 1. The number of nitrogens with zero attached hydrogens (tertiary/aromatic N) is 4. The highest BCUT2D eigenvalue weighted by Gasteiger charge is 2.24. The average molecular weight is 588 g/mol. The zero-order valence-electron chi connectivity index (χ0n) is 25.2. The number of amides is 4. The Hall–Kier alpha value is -3.70. The Bertz CT molecular complexity index is 1330. The van der Waals surface area contributed by atoms with Gasteiger partial charge in [0.05, 0.1) is 25.8 Å². The first-order valence-electron chi connectivity index (χ1n) is 15.5. The SMILES string of the molecule is CC(NC(=O)N(CCCN1CCOCC1)Cc1ccc(CN(C(=O)NN)N2CCCC2)cc1)c1cccc2ccccc12. The lowest BCUT2D eigenvalue weighted by molar-refractivity contribution is 0.0289. The molecule has 4 amide bonds. The lowest BCUT2D eigenvalue weighted by atomic mass is 10.00. The molecule has 3 aromatic carbocycles. The highest BCUT2D eigenvalue weighted by molar-refractivity contribution is 5.86. The van der Waals surface area contributed by atoms with E-state index in [1.54, 1.807) is 5.01 Å². The first kappa shape index (κ1) is 30.7. The Morgan fingerprint density at radius 2 is 1.56 bits per heavy atom. The van der Waals surface area contributed by atoms with Crippen LogP contribution < -0.4 is 16.6 Å². The smallest absolute Gasteiger partial charge is 0.346 e. The number of ether oxygens (including phenoxy) is 1. The summed E-state index contributed by atoms with van der Waals surface area (Å²) in [5, 5.41) is 9.32. The molecule has 1 unspecified atom stereocenters. The molecule has 3 aromatic rings. The van der Waals surface area contributed by atoms with Crippen molar-refractivity contribution >= 4 is 22.8 Å². The van der Waals surface area contributed by atoms with Crippen LogP contribution in [0.5, 0.6) is 0 Å². The first-order valence-corrected chi connectivity index (χ1v) is 15.5. The first-order chi connectivity index (χ1) is 21.0. The van der Waals surface area contributed by atoms with E-state index >= 15 is 0 Å². The minimum atomic E-state index is -0.311. The van der Waals surface area contributed by atoms with Crippen molar-refractivity contribution in [2.24, 2.45) is 5.84 Å². The molecular weight excluding hydrogens is 542 g/mol. The van der Waals surface area contributed by atoms with Gasteiger partial charge in [0.25, 0.3) is 0 Å². The molecule has 43 heavy (non-hydrogen) atoms. The van der Waals surface area contributed by atoms with Crippen LogP contribution >= 0.6 is 0 Å². The molecule has 2 aliphatic heterocycles. The van der Waals surface area contributed by atoms with Gasteiger partial charge in [-0.15, -0.1) is 0 Å². The molecule has 5 rings (SSSR count). The van der Waals surface area contributed by atoms with Gasteiger partial charge in [-0.1, -0.05) is 66.7 Å². The van der Waals surface area contributed by atoms with Gasteiger partial charge in [-0.3, -0.25) is 15.3 Å². The number of carbonyl (C=O) groups is 2. The Morgan fingerprint density at radius 3 is 2.28 bits per heavy atom. The molecule has 10 nitrogen and oxygen atoms in total. The summed E-state index contributed by atoms with van der Waals surface area (Å²) < 4.78 is 5.49. The minimum Gasteiger partial charge on any atom is -0.379 e. The molecule has 0 saturated carbocycles. The number of urea groups is 2. The predicted molar refractivity (Wildman–Crippen MR) is 169 cm³/mol. The second-order valence-electron chi connectivity index (χ2n) is 11.5. The number of hydrogen-bond donors (Lipinski definition) is 3. The maximum absolute atomic E-state index is 13.7. The average Bonchev–Trinajstić information content (AvgIpc) is 3.58. The quantitative estimate of drug-likeness (QED) is 0.176. The Morgan fingerprint density at radius 1 is 0.884 bits per heavy atom. The molecule has 2 saturated heterocycles. The van der Waals surface area contributed by atoms with E-state index in [0.717, 1.165) is 92.7 Å². The number of hydrogen-bond acceptors (Lipinski definition) is 6. The van der Waals surface area contributed by atoms with Crippen LogP contribution in [0.1, 0.15) is 48.9 Å². The van der Waals surface area contributed by atoms with Gasteiger partial charge in [0, 0.05) is 45.8 Å². The van der Waals surface area contributed by atoms with Gasteiger partial charge in [-0.25, -0.2) is 20.4 Å². The summed E-state index contributed by atoms with van der Waals surface area (Å²) in [7, 11) is 0. The van der Waals surface area contributed by atoms with Gasteiger partial charge in [0.2, 0.25) is 0 Å². The second kappa shape index (κ2) is 15.2. The summed E-state index contributed by atoms with van der Waals surface area (Å²) in [5.41, 5.74) is 5.43. The molecule has 0 spiro atoms. The molecule has 4 N–H and O–H groups in total. The van der Waals surface area contributed by atoms with Crippen LogP contribution in [0.3, 0.4) is 0 Å². The summed E-state index contributed by atoms with van der Waals surface area (Å²) in [6.07, 6.45) is 3.01. The molecular formula is C33H45N7O3. The zero-order chi connectivity index (χ0) is 30.0. The van der Waals surface area contributed by atoms with Gasteiger partial charge in [0.1, 0.15) is 0 Å². The van der Waals surface area contributed by atoms with Crippen LogP contribution in [0.25, 0.3) is 10.8 Å². The van der Waals surface area contributed by atoms with Crippen molar-refractivity contribution in [2.45, 2.75) is 45.3 Å². The van der Waals surface area contributed by atoms with Crippen molar-refractivity contribution in [3.63, 3.8) is 0 Å². The second-order valence-corrected chi connectivity index (χ2v) is 11.5. The Labute approximate surface area is 254 Å². The largest absolute Gasteiger partial charge is 0.379 e. The molecule has 230 valence electrons. The standard InChI is InChI=1S/C33H45N7O3/c1-26(30-11-6-9-29-8-2-3-10-31(29)30)35-32(41)38(17-7-16-37-20-22-43-23-21-37)24-27-12-14-28(15-13-27)25-40(33(42)36-34)39-18-4-5-19-39/h2-3,6,8-15,26H,4-5,7,16-25,34H2,1H3,(H,35,41)(H,36,42). The lowest BCUT2D eigenvalue weighted by Crippen LogP contribution is -2.51. The normalized spacial score (nSPS) is 16.6. The van der Waals surface area contributed by atoms with E-state index in [1.807, 2.05) is 59.3 Å². The van der Waals surface area contributed by atoms with Crippen molar-refractivity contribution in [1.82, 2.24) is 30.6 Å². The third-order valence-electron chi connectivity index (χ3n) is 8.43.